The number of carbonyl (C=O) groups excluding carboxylic acids is 2. The van der Waals surface area contributed by atoms with Crippen molar-refractivity contribution in [2.75, 3.05) is 13.2 Å². The molecule has 0 atom stereocenters. The smallest absolute Gasteiger partial charge is 0.316 e. The molecule has 4 heteroatoms. The van der Waals surface area contributed by atoms with Crippen molar-refractivity contribution in [3.8, 4) is 0 Å². The summed E-state index contributed by atoms with van der Waals surface area (Å²) in [6.45, 7) is 2.61. The van der Waals surface area contributed by atoms with E-state index in [9.17, 15) is 9.59 Å². The van der Waals surface area contributed by atoms with Gasteiger partial charge in [-0.2, -0.15) is 0 Å². The molecule has 1 aliphatic rings. The third-order valence-corrected chi connectivity index (χ3v) is 4.89. The lowest BCUT2D eigenvalue weighted by Gasteiger charge is -2.15. The molecule has 0 bridgehead atoms. The highest BCUT2D eigenvalue weighted by Crippen LogP contribution is 2.49. The highest BCUT2D eigenvalue weighted by atomic mass is 16.5. The molecule has 2 aromatic rings. The molecule has 26 heavy (non-hydrogen) atoms. The fourth-order valence-electron chi connectivity index (χ4n) is 3.07. The van der Waals surface area contributed by atoms with Gasteiger partial charge in [0, 0.05) is 6.42 Å². The first-order valence-corrected chi connectivity index (χ1v) is 9.15. The molecule has 0 unspecified atom stereocenters. The monoisotopic (exact) mass is 351 g/mol. The maximum Gasteiger partial charge on any atom is 0.316 e. The van der Waals surface area contributed by atoms with E-state index in [1.54, 1.807) is 0 Å². The lowest BCUT2D eigenvalue weighted by atomic mass is 9.96. The number of ether oxygens (including phenoxy) is 1. The molecular formula is C22H25NO3. The molecule has 1 aliphatic carbocycles. The SMILES string of the molecule is Cc1ccc(CCC(=O)NCCOC(=O)C2(c3ccccc3)CC2)cc1. The Hall–Kier alpha value is -2.62. The molecule has 1 fully saturated rings. The quantitative estimate of drug-likeness (QED) is 0.586. The second-order valence-corrected chi connectivity index (χ2v) is 6.92. The van der Waals surface area contributed by atoms with Crippen LogP contribution in [0, 0.1) is 6.92 Å². The summed E-state index contributed by atoms with van der Waals surface area (Å²) in [6, 6.07) is 18.0. The van der Waals surface area contributed by atoms with Crippen molar-refractivity contribution >= 4 is 11.9 Å². The average molecular weight is 351 g/mol. The number of hydrogen-bond donors (Lipinski definition) is 1. The number of carbonyl (C=O) groups is 2. The maximum atomic E-state index is 12.4. The van der Waals surface area contributed by atoms with Crippen LogP contribution in [0.5, 0.6) is 0 Å². The topological polar surface area (TPSA) is 55.4 Å². The van der Waals surface area contributed by atoms with E-state index in [4.69, 9.17) is 4.74 Å². The van der Waals surface area contributed by atoms with Crippen LogP contribution in [0.15, 0.2) is 54.6 Å². The van der Waals surface area contributed by atoms with Gasteiger partial charge >= 0.3 is 5.97 Å². The molecular weight excluding hydrogens is 326 g/mol. The van der Waals surface area contributed by atoms with Crippen molar-refractivity contribution in [2.45, 2.75) is 38.0 Å². The molecule has 1 N–H and O–H groups in total. The first-order valence-electron chi connectivity index (χ1n) is 9.15. The third-order valence-electron chi connectivity index (χ3n) is 4.89. The molecule has 0 aromatic heterocycles. The van der Waals surface area contributed by atoms with Crippen LogP contribution >= 0.6 is 0 Å². The Morgan fingerprint density at radius 1 is 1.04 bits per heavy atom. The van der Waals surface area contributed by atoms with E-state index in [0.29, 0.717) is 19.4 Å². The van der Waals surface area contributed by atoms with Crippen LogP contribution in [-0.2, 0) is 26.2 Å². The van der Waals surface area contributed by atoms with Crippen molar-refractivity contribution < 1.29 is 14.3 Å². The third kappa shape index (κ3) is 4.51. The van der Waals surface area contributed by atoms with E-state index in [1.165, 1.54) is 5.56 Å². The van der Waals surface area contributed by atoms with Crippen molar-refractivity contribution in [3.63, 3.8) is 0 Å². The first kappa shape index (κ1) is 18.2. The molecule has 136 valence electrons. The van der Waals surface area contributed by atoms with Crippen molar-refractivity contribution in [1.29, 1.82) is 0 Å². The lowest BCUT2D eigenvalue weighted by molar-refractivity contribution is -0.147. The van der Waals surface area contributed by atoms with Crippen LogP contribution in [0.1, 0.15) is 36.0 Å². The Kier molecular flexibility index (Phi) is 5.71. The summed E-state index contributed by atoms with van der Waals surface area (Å²) in [7, 11) is 0. The van der Waals surface area contributed by atoms with E-state index >= 15 is 0 Å². The zero-order chi connectivity index (χ0) is 18.4. The Morgan fingerprint density at radius 3 is 2.38 bits per heavy atom. The molecule has 0 spiro atoms. The fraction of sp³-hybridized carbons (Fsp3) is 0.364. The summed E-state index contributed by atoms with van der Waals surface area (Å²) >= 11 is 0. The maximum absolute atomic E-state index is 12.4. The van der Waals surface area contributed by atoms with Gasteiger partial charge < -0.3 is 10.1 Å². The van der Waals surface area contributed by atoms with Crippen LogP contribution in [0.4, 0.5) is 0 Å². The van der Waals surface area contributed by atoms with Gasteiger partial charge in [-0.05, 0) is 37.3 Å². The highest BCUT2D eigenvalue weighted by Gasteiger charge is 2.52. The number of aryl methyl sites for hydroxylation is 2. The number of benzene rings is 2. The Balaban J connectivity index is 1.35. The van der Waals surface area contributed by atoms with Gasteiger partial charge in [0.2, 0.25) is 5.91 Å². The number of hydrogen-bond acceptors (Lipinski definition) is 3. The average Bonchev–Trinajstić information content (AvgIpc) is 3.47. The predicted octanol–water partition coefficient (Wildman–Crippen LogP) is 3.32. The van der Waals surface area contributed by atoms with Crippen molar-refractivity contribution in [1.82, 2.24) is 5.32 Å². The standard InChI is InChI=1S/C22H25NO3/c1-17-7-9-18(10-8-17)11-12-20(24)23-15-16-26-21(25)22(13-14-22)19-5-3-2-4-6-19/h2-10H,11-16H2,1H3,(H,23,24). The van der Waals surface area contributed by atoms with Crippen molar-refractivity contribution in [2.24, 2.45) is 0 Å². The second-order valence-electron chi connectivity index (χ2n) is 6.92. The Bertz CT molecular complexity index is 749. The molecule has 0 heterocycles. The van der Waals surface area contributed by atoms with E-state index in [2.05, 4.69) is 5.32 Å². The van der Waals surface area contributed by atoms with Gasteiger partial charge in [-0.1, -0.05) is 60.2 Å². The largest absolute Gasteiger partial charge is 0.463 e. The highest BCUT2D eigenvalue weighted by molar-refractivity contribution is 5.86. The van der Waals surface area contributed by atoms with Crippen LogP contribution in [0.25, 0.3) is 0 Å². The molecule has 4 nitrogen and oxygen atoms in total. The minimum atomic E-state index is -0.462. The first-order chi connectivity index (χ1) is 12.6. The zero-order valence-electron chi connectivity index (χ0n) is 15.2. The minimum Gasteiger partial charge on any atom is -0.463 e. The van der Waals surface area contributed by atoms with Gasteiger partial charge in [-0.25, -0.2) is 0 Å². The molecule has 2 aromatic carbocycles. The van der Waals surface area contributed by atoms with E-state index in [0.717, 1.165) is 24.0 Å². The summed E-state index contributed by atoms with van der Waals surface area (Å²) < 4.78 is 5.40. The summed E-state index contributed by atoms with van der Waals surface area (Å²) in [5, 5.41) is 2.82. The predicted molar refractivity (Wildman–Crippen MR) is 101 cm³/mol. The fourth-order valence-corrected chi connectivity index (χ4v) is 3.07. The molecule has 0 saturated heterocycles. The number of esters is 1. The minimum absolute atomic E-state index is 0.0224. The second kappa shape index (κ2) is 8.17. The Morgan fingerprint density at radius 2 is 1.73 bits per heavy atom. The summed E-state index contributed by atoms with van der Waals surface area (Å²) in [5.74, 6) is -0.205. The summed E-state index contributed by atoms with van der Waals surface area (Å²) in [4.78, 5) is 24.3. The van der Waals surface area contributed by atoms with Crippen LogP contribution in [0.2, 0.25) is 0 Å². The van der Waals surface area contributed by atoms with Crippen LogP contribution in [0.3, 0.4) is 0 Å². The van der Waals surface area contributed by atoms with Crippen molar-refractivity contribution in [3.05, 3.63) is 71.3 Å². The van der Waals surface area contributed by atoms with Gasteiger partial charge in [0.1, 0.15) is 6.61 Å². The van der Waals surface area contributed by atoms with E-state index in [-0.39, 0.29) is 18.5 Å². The van der Waals surface area contributed by atoms with Gasteiger partial charge in [0.05, 0.1) is 12.0 Å². The van der Waals surface area contributed by atoms with Crippen LogP contribution in [-0.4, -0.2) is 25.0 Å². The zero-order valence-corrected chi connectivity index (χ0v) is 15.2. The van der Waals surface area contributed by atoms with Gasteiger partial charge in [-0.3, -0.25) is 9.59 Å². The van der Waals surface area contributed by atoms with Gasteiger partial charge in [-0.15, -0.1) is 0 Å². The Labute approximate surface area is 154 Å². The van der Waals surface area contributed by atoms with Gasteiger partial charge in [0.15, 0.2) is 0 Å². The van der Waals surface area contributed by atoms with E-state index in [1.807, 2.05) is 61.5 Å². The van der Waals surface area contributed by atoms with Gasteiger partial charge in [0.25, 0.3) is 0 Å². The number of amides is 1. The molecule has 0 aliphatic heterocycles. The normalized spacial score (nSPS) is 14.5. The molecule has 1 amide bonds. The van der Waals surface area contributed by atoms with Crippen LogP contribution < -0.4 is 5.32 Å². The number of nitrogens with one attached hydrogen (secondary N) is 1. The molecule has 3 rings (SSSR count). The molecule has 1 saturated carbocycles. The molecule has 0 radical (unpaired) electrons. The van der Waals surface area contributed by atoms with E-state index < -0.39 is 5.41 Å². The summed E-state index contributed by atoms with van der Waals surface area (Å²) in [6.07, 6.45) is 2.81. The lowest BCUT2D eigenvalue weighted by Crippen LogP contribution is -2.30. The number of rotatable bonds is 8. The summed E-state index contributed by atoms with van der Waals surface area (Å²) in [5.41, 5.74) is 2.92.